The summed E-state index contributed by atoms with van der Waals surface area (Å²) in [7, 11) is -3.11. The SMILES string of the molecule is CS(=O)(=O)CCC(=O)N1C[C@@H](CN2CCCCC2)[C@@H](CO)C1. The summed E-state index contributed by atoms with van der Waals surface area (Å²) in [6.07, 6.45) is 4.95. The molecule has 2 aliphatic rings. The van der Waals surface area contributed by atoms with Crippen LogP contribution in [-0.2, 0) is 14.6 Å². The van der Waals surface area contributed by atoms with Gasteiger partial charge in [-0.3, -0.25) is 4.79 Å². The molecule has 22 heavy (non-hydrogen) atoms. The van der Waals surface area contributed by atoms with E-state index in [1.54, 1.807) is 4.90 Å². The zero-order valence-electron chi connectivity index (χ0n) is 13.4. The number of amides is 1. The van der Waals surface area contributed by atoms with Crippen molar-refractivity contribution in [3.63, 3.8) is 0 Å². The molecule has 0 radical (unpaired) electrons. The molecule has 2 heterocycles. The number of piperidine rings is 1. The molecule has 0 spiro atoms. The smallest absolute Gasteiger partial charge is 0.223 e. The van der Waals surface area contributed by atoms with Crippen molar-refractivity contribution in [1.82, 2.24) is 9.80 Å². The minimum Gasteiger partial charge on any atom is -0.396 e. The monoisotopic (exact) mass is 332 g/mol. The van der Waals surface area contributed by atoms with E-state index in [9.17, 15) is 18.3 Å². The first-order chi connectivity index (χ1) is 10.4. The van der Waals surface area contributed by atoms with Crippen LogP contribution in [0.3, 0.4) is 0 Å². The average molecular weight is 332 g/mol. The van der Waals surface area contributed by atoms with Crippen LogP contribution in [0.4, 0.5) is 0 Å². The fourth-order valence-corrected chi connectivity index (χ4v) is 4.01. The molecule has 0 unspecified atom stereocenters. The van der Waals surface area contributed by atoms with Gasteiger partial charge in [0.05, 0.1) is 5.75 Å². The molecule has 0 saturated carbocycles. The summed E-state index contributed by atoms with van der Waals surface area (Å²) in [5.41, 5.74) is 0. The van der Waals surface area contributed by atoms with Gasteiger partial charge in [0.2, 0.25) is 5.91 Å². The van der Waals surface area contributed by atoms with Gasteiger partial charge in [-0.15, -0.1) is 0 Å². The van der Waals surface area contributed by atoms with Gasteiger partial charge in [0.1, 0.15) is 9.84 Å². The quantitative estimate of drug-likeness (QED) is 0.739. The summed E-state index contributed by atoms with van der Waals surface area (Å²) >= 11 is 0. The minimum absolute atomic E-state index is 0.0490. The van der Waals surface area contributed by atoms with E-state index in [4.69, 9.17) is 0 Å². The second kappa shape index (κ2) is 7.75. The van der Waals surface area contributed by atoms with E-state index in [-0.39, 0.29) is 30.6 Å². The fraction of sp³-hybridized carbons (Fsp3) is 0.933. The van der Waals surface area contributed by atoms with E-state index in [1.807, 2.05) is 0 Å². The van der Waals surface area contributed by atoms with Crippen molar-refractivity contribution < 1.29 is 18.3 Å². The van der Waals surface area contributed by atoms with Gasteiger partial charge in [0.25, 0.3) is 0 Å². The van der Waals surface area contributed by atoms with Crippen LogP contribution in [0.15, 0.2) is 0 Å². The van der Waals surface area contributed by atoms with Crippen LogP contribution in [0.25, 0.3) is 0 Å². The third-order valence-electron chi connectivity index (χ3n) is 4.79. The van der Waals surface area contributed by atoms with Crippen LogP contribution in [0.5, 0.6) is 0 Å². The van der Waals surface area contributed by atoms with Gasteiger partial charge in [0.15, 0.2) is 0 Å². The molecule has 0 aromatic rings. The molecule has 0 aromatic carbocycles. The fourth-order valence-electron chi connectivity index (χ4n) is 3.46. The number of hydrogen-bond acceptors (Lipinski definition) is 5. The molecular weight excluding hydrogens is 304 g/mol. The summed E-state index contributed by atoms with van der Waals surface area (Å²) < 4.78 is 22.4. The Balaban J connectivity index is 1.86. The molecule has 0 bridgehead atoms. The van der Waals surface area contributed by atoms with Crippen molar-refractivity contribution in [1.29, 1.82) is 0 Å². The number of nitrogens with zero attached hydrogens (tertiary/aromatic N) is 2. The Morgan fingerprint density at radius 3 is 2.36 bits per heavy atom. The molecule has 128 valence electrons. The number of aliphatic hydroxyl groups is 1. The van der Waals surface area contributed by atoms with Gasteiger partial charge in [-0.2, -0.15) is 0 Å². The zero-order chi connectivity index (χ0) is 16.2. The minimum atomic E-state index is -3.11. The summed E-state index contributed by atoms with van der Waals surface area (Å²) in [4.78, 5) is 16.3. The Bertz CT molecular complexity index is 474. The predicted octanol–water partition coefficient (Wildman–Crippen LogP) is -0.0261. The first-order valence-electron chi connectivity index (χ1n) is 8.18. The van der Waals surface area contributed by atoms with Gasteiger partial charge >= 0.3 is 0 Å². The second-order valence-corrected chi connectivity index (χ2v) is 9.00. The number of hydrogen-bond donors (Lipinski definition) is 1. The molecule has 1 N–H and O–H groups in total. The van der Waals surface area contributed by atoms with Crippen molar-refractivity contribution in [3.05, 3.63) is 0 Å². The highest BCUT2D eigenvalue weighted by Gasteiger charge is 2.35. The highest BCUT2D eigenvalue weighted by atomic mass is 32.2. The van der Waals surface area contributed by atoms with E-state index in [2.05, 4.69) is 4.90 Å². The summed E-state index contributed by atoms with van der Waals surface area (Å²) in [6.45, 7) is 4.44. The zero-order valence-corrected chi connectivity index (χ0v) is 14.2. The van der Waals surface area contributed by atoms with Gasteiger partial charge in [0, 0.05) is 44.8 Å². The van der Waals surface area contributed by atoms with Crippen LogP contribution in [0, 0.1) is 11.8 Å². The first kappa shape index (κ1) is 17.7. The maximum Gasteiger partial charge on any atom is 0.223 e. The Morgan fingerprint density at radius 2 is 1.77 bits per heavy atom. The molecule has 1 amide bonds. The summed E-state index contributed by atoms with van der Waals surface area (Å²) in [5.74, 6) is 0.211. The number of aliphatic hydroxyl groups excluding tert-OH is 1. The predicted molar refractivity (Wildman–Crippen MR) is 85.3 cm³/mol. The molecule has 6 nitrogen and oxygen atoms in total. The van der Waals surface area contributed by atoms with E-state index in [0.717, 1.165) is 25.9 Å². The van der Waals surface area contributed by atoms with Crippen molar-refractivity contribution >= 4 is 15.7 Å². The molecule has 2 aliphatic heterocycles. The maximum atomic E-state index is 12.2. The largest absolute Gasteiger partial charge is 0.396 e. The third kappa shape index (κ3) is 5.21. The maximum absolute atomic E-state index is 12.2. The van der Waals surface area contributed by atoms with E-state index in [0.29, 0.717) is 19.0 Å². The van der Waals surface area contributed by atoms with Gasteiger partial charge in [-0.1, -0.05) is 6.42 Å². The molecule has 0 aliphatic carbocycles. The number of rotatable bonds is 6. The molecule has 0 aromatic heterocycles. The second-order valence-electron chi connectivity index (χ2n) is 6.74. The highest BCUT2D eigenvalue weighted by Crippen LogP contribution is 2.26. The van der Waals surface area contributed by atoms with Crippen molar-refractivity contribution in [3.8, 4) is 0 Å². The van der Waals surface area contributed by atoms with Crippen LogP contribution in [0.1, 0.15) is 25.7 Å². The molecule has 2 fully saturated rings. The lowest BCUT2D eigenvalue weighted by Crippen LogP contribution is -2.37. The molecule has 7 heteroatoms. The number of carbonyl (C=O) groups excluding carboxylic acids is 1. The Hall–Kier alpha value is -0.660. The van der Waals surface area contributed by atoms with E-state index >= 15 is 0 Å². The lowest BCUT2D eigenvalue weighted by atomic mass is 9.95. The van der Waals surface area contributed by atoms with Gasteiger partial charge in [-0.25, -0.2) is 8.42 Å². The van der Waals surface area contributed by atoms with E-state index < -0.39 is 9.84 Å². The number of likely N-dealkylation sites (tertiary alicyclic amines) is 2. The molecular formula is C15H28N2O4S. The standard InChI is InChI=1S/C15H28N2O4S/c1-22(20,21)8-5-15(19)17-10-13(14(11-17)12-18)9-16-6-3-2-4-7-16/h13-14,18H,2-12H2,1H3/t13-,14-/m1/s1. The van der Waals surface area contributed by atoms with Crippen molar-refractivity contribution in [2.45, 2.75) is 25.7 Å². The average Bonchev–Trinajstić information content (AvgIpc) is 2.88. The van der Waals surface area contributed by atoms with Crippen molar-refractivity contribution in [2.24, 2.45) is 11.8 Å². The van der Waals surface area contributed by atoms with Gasteiger partial charge < -0.3 is 14.9 Å². The summed E-state index contributed by atoms with van der Waals surface area (Å²) in [6, 6.07) is 0. The third-order valence-corrected chi connectivity index (χ3v) is 5.74. The van der Waals surface area contributed by atoms with Crippen LogP contribution >= 0.6 is 0 Å². The Labute approximate surface area is 133 Å². The number of sulfone groups is 1. The van der Waals surface area contributed by atoms with Gasteiger partial charge in [-0.05, 0) is 31.8 Å². The van der Waals surface area contributed by atoms with Crippen LogP contribution in [0.2, 0.25) is 0 Å². The first-order valence-corrected chi connectivity index (χ1v) is 10.2. The number of carbonyl (C=O) groups is 1. The Morgan fingerprint density at radius 1 is 1.14 bits per heavy atom. The van der Waals surface area contributed by atoms with E-state index in [1.165, 1.54) is 19.3 Å². The molecule has 2 saturated heterocycles. The topological polar surface area (TPSA) is 77.9 Å². The Kier molecular flexibility index (Phi) is 6.23. The van der Waals surface area contributed by atoms with Crippen LogP contribution < -0.4 is 0 Å². The lowest BCUT2D eigenvalue weighted by molar-refractivity contribution is -0.130. The molecule has 2 atom stereocenters. The van der Waals surface area contributed by atoms with Crippen LogP contribution in [-0.4, -0.2) is 80.6 Å². The van der Waals surface area contributed by atoms with Crippen molar-refractivity contribution in [2.75, 3.05) is 51.3 Å². The normalized spacial score (nSPS) is 27.3. The highest BCUT2D eigenvalue weighted by molar-refractivity contribution is 7.90. The molecule has 2 rings (SSSR count). The lowest BCUT2D eigenvalue weighted by Gasteiger charge is -2.30. The summed E-state index contributed by atoms with van der Waals surface area (Å²) in [5, 5.41) is 9.57.